The largest absolute Gasteiger partial charge is 0.316 e. The molecule has 96 valence electrons. The van der Waals surface area contributed by atoms with Gasteiger partial charge in [0.15, 0.2) is 0 Å². The molecule has 0 aliphatic heterocycles. The molecule has 0 spiro atoms. The van der Waals surface area contributed by atoms with E-state index in [1.807, 2.05) is 7.05 Å². The molecule has 2 rings (SSSR count). The standard InChI is InChI=1S/C16H22N2/c1-10(2)15-8-13(9-17-5)14-7-11(3)6-12(4)16(14)18-15/h6-8,10,17H,9H2,1-5H3. The summed E-state index contributed by atoms with van der Waals surface area (Å²) in [7, 11) is 1.99. The molecule has 2 nitrogen and oxygen atoms in total. The predicted octanol–water partition coefficient (Wildman–Crippen LogP) is 3.69. The topological polar surface area (TPSA) is 24.9 Å². The molecule has 0 bridgehead atoms. The van der Waals surface area contributed by atoms with Crippen molar-refractivity contribution in [2.45, 2.75) is 40.2 Å². The number of hydrogen-bond donors (Lipinski definition) is 1. The van der Waals surface area contributed by atoms with Gasteiger partial charge in [-0.3, -0.25) is 4.98 Å². The van der Waals surface area contributed by atoms with Crippen LogP contribution in [0.15, 0.2) is 18.2 Å². The van der Waals surface area contributed by atoms with Gasteiger partial charge in [-0.05, 0) is 50.1 Å². The van der Waals surface area contributed by atoms with Crippen molar-refractivity contribution < 1.29 is 0 Å². The van der Waals surface area contributed by atoms with Crippen LogP contribution in [-0.4, -0.2) is 12.0 Å². The van der Waals surface area contributed by atoms with Crippen LogP contribution < -0.4 is 5.32 Å². The third-order valence-electron chi connectivity index (χ3n) is 3.31. The minimum absolute atomic E-state index is 0.464. The summed E-state index contributed by atoms with van der Waals surface area (Å²) >= 11 is 0. The van der Waals surface area contributed by atoms with Gasteiger partial charge >= 0.3 is 0 Å². The van der Waals surface area contributed by atoms with E-state index in [4.69, 9.17) is 4.98 Å². The van der Waals surface area contributed by atoms with Crippen molar-refractivity contribution >= 4 is 10.9 Å². The number of benzene rings is 1. The Bertz CT molecular complexity index is 571. The number of fused-ring (bicyclic) bond motifs is 1. The first-order valence-corrected chi connectivity index (χ1v) is 6.58. The number of aromatic nitrogens is 1. The van der Waals surface area contributed by atoms with Crippen LogP contribution in [0.4, 0.5) is 0 Å². The predicted molar refractivity (Wildman–Crippen MR) is 78.1 cm³/mol. The van der Waals surface area contributed by atoms with E-state index in [-0.39, 0.29) is 0 Å². The minimum atomic E-state index is 0.464. The van der Waals surface area contributed by atoms with Crippen LogP contribution in [0.2, 0.25) is 0 Å². The van der Waals surface area contributed by atoms with Crippen LogP contribution in [0.1, 0.15) is 42.1 Å². The highest BCUT2D eigenvalue weighted by molar-refractivity contribution is 5.86. The molecule has 1 aromatic heterocycles. The molecule has 0 atom stereocenters. The van der Waals surface area contributed by atoms with Crippen molar-refractivity contribution in [3.05, 3.63) is 40.6 Å². The summed E-state index contributed by atoms with van der Waals surface area (Å²) in [6, 6.07) is 6.69. The van der Waals surface area contributed by atoms with Gasteiger partial charge in [-0.2, -0.15) is 0 Å². The third-order valence-corrected chi connectivity index (χ3v) is 3.31. The fraction of sp³-hybridized carbons (Fsp3) is 0.438. The highest BCUT2D eigenvalue weighted by atomic mass is 14.8. The molecule has 0 saturated carbocycles. The molecule has 2 aromatic rings. The monoisotopic (exact) mass is 242 g/mol. The molecule has 0 radical (unpaired) electrons. The van der Waals surface area contributed by atoms with Crippen molar-refractivity contribution in [2.24, 2.45) is 0 Å². The minimum Gasteiger partial charge on any atom is -0.316 e. The summed E-state index contributed by atoms with van der Waals surface area (Å²) in [4.78, 5) is 4.83. The SMILES string of the molecule is CNCc1cc(C(C)C)nc2c(C)cc(C)cc12. The molecule has 18 heavy (non-hydrogen) atoms. The number of nitrogens with one attached hydrogen (secondary N) is 1. The van der Waals surface area contributed by atoms with E-state index in [0.29, 0.717) is 5.92 Å². The van der Waals surface area contributed by atoms with Gasteiger partial charge in [-0.1, -0.05) is 25.5 Å². The quantitative estimate of drug-likeness (QED) is 0.887. The zero-order valence-corrected chi connectivity index (χ0v) is 12.0. The second-order valence-electron chi connectivity index (χ2n) is 5.37. The van der Waals surface area contributed by atoms with Gasteiger partial charge in [0.1, 0.15) is 0 Å². The van der Waals surface area contributed by atoms with Crippen LogP contribution in [-0.2, 0) is 6.54 Å². The lowest BCUT2D eigenvalue weighted by atomic mass is 9.99. The van der Waals surface area contributed by atoms with E-state index >= 15 is 0 Å². The maximum atomic E-state index is 4.83. The first-order chi connectivity index (χ1) is 8.52. The molecule has 0 aliphatic rings. The van der Waals surface area contributed by atoms with E-state index in [9.17, 15) is 0 Å². The lowest BCUT2D eigenvalue weighted by molar-refractivity contribution is 0.798. The number of rotatable bonds is 3. The van der Waals surface area contributed by atoms with E-state index in [0.717, 1.165) is 12.1 Å². The molecule has 1 heterocycles. The molecule has 1 aromatic carbocycles. The smallest absolute Gasteiger partial charge is 0.0738 e. The van der Waals surface area contributed by atoms with Gasteiger partial charge in [0, 0.05) is 17.6 Å². The van der Waals surface area contributed by atoms with Gasteiger partial charge in [0.05, 0.1) is 5.52 Å². The van der Waals surface area contributed by atoms with E-state index in [1.165, 1.54) is 27.8 Å². The molecular weight excluding hydrogens is 220 g/mol. The van der Waals surface area contributed by atoms with Gasteiger partial charge in [0.2, 0.25) is 0 Å². The number of nitrogens with zero attached hydrogens (tertiary/aromatic N) is 1. The molecule has 0 saturated heterocycles. The molecule has 0 unspecified atom stereocenters. The van der Waals surface area contributed by atoms with Crippen molar-refractivity contribution in [2.75, 3.05) is 7.05 Å². The summed E-state index contributed by atoms with van der Waals surface area (Å²) in [5.41, 5.74) is 6.25. The molecule has 1 N–H and O–H groups in total. The average molecular weight is 242 g/mol. The van der Waals surface area contributed by atoms with Gasteiger partial charge < -0.3 is 5.32 Å². The van der Waals surface area contributed by atoms with Crippen LogP contribution in [0, 0.1) is 13.8 Å². The van der Waals surface area contributed by atoms with Gasteiger partial charge in [-0.15, -0.1) is 0 Å². The Hall–Kier alpha value is -1.41. The lowest BCUT2D eigenvalue weighted by Gasteiger charge is -2.13. The van der Waals surface area contributed by atoms with Gasteiger partial charge in [-0.25, -0.2) is 0 Å². The molecule has 0 fully saturated rings. The Kier molecular flexibility index (Phi) is 3.67. The highest BCUT2D eigenvalue weighted by Crippen LogP contribution is 2.26. The third kappa shape index (κ3) is 2.39. The summed E-state index contributed by atoms with van der Waals surface area (Å²) in [6.07, 6.45) is 0. The van der Waals surface area contributed by atoms with Crippen LogP contribution in [0.25, 0.3) is 10.9 Å². The molecule has 0 amide bonds. The maximum absolute atomic E-state index is 4.83. The first-order valence-electron chi connectivity index (χ1n) is 6.58. The Labute approximate surface area is 109 Å². The second-order valence-corrected chi connectivity index (χ2v) is 5.37. The van der Waals surface area contributed by atoms with Crippen LogP contribution in [0.3, 0.4) is 0 Å². The number of aryl methyl sites for hydroxylation is 2. The number of hydrogen-bond acceptors (Lipinski definition) is 2. The van der Waals surface area contributed by atoms with Crippen molar-refractivity contribution in [3.63, 3.8) is 0 Å². The van der Waals surface area contributed by atoms with Crippen molar-refractivity contribution in [1.29, 1.82) is 0 Å². The molecule has 2 heteroatoms. The highest BCUT2D eigenvalue weighted by Gasteiger charge is 2.10. The summed E-state index contributed by atoms with van der Waals surface area (Å²) in [6.45, 7) is 9.57. The lowest BCUT2D eigenvalue weighted by Crippen LogP contribution is -2.08. The van der Waals surface area contributed by atoms with Gasteiger partial charge in [0.25, 0.3) is 0 Å². The summed E-state index contributed by atoms with van der Waals surface area (Å²) in [5, 5.41) is 4.54. The fourth-order valence-electron chi connectivity index (χ4n) is 2.40. The normalized spacial score (nSPS) is 11.4. The Morgan fingerprint density at radius 2 is 1.89 bits per heavy atom. The second kappa shape index (κ2) is 5.07. The summed E-state index contributed by atoms with van der Waals surface area (Å²) < 4.78 is 0. The number of pyridine rings is 1. The zero-order valence-electron chi connectivity index (χ0n) is 12.0. The summed E-state index contributed by atoms with van der Waals surface area (Å²) in [5.74, 6) is 0.464. The van der Waals surface area contributed by atoms with Crippen molar-refractivity contribution in [3.8, 4) is 0 Å². The Morgan fingerprint density at radius 1 is 1.17 bits per heavy atom. The average Bonchev–Trinajstić information content (AvgIpc) is 2.29. The van der Waals surface area contributed by atoms with Crippen LogP contribution in [0.5, 0.6) is 0 Å². The zero-order chi connectivity index (χ0) is 13.3. The van der Waals surface area contributed by atoms with E-state index in [1.54, 1.807) is 0 Å². The maximum Gasteiger partial charge on any atom is 0.0738 e. The van der Waals surface area contributed by atoms with E-state index in [2.05, 4.69) is 51.2 Å². The first kappa shape index (κ1) is 13.0. The Balaban J connectivity index is 2.76. The van der Waals surface area contributed by atoms with Crippen LogP contribution >= 0.6 is 0 Å². The molecular formula is C16H22N2. The van der Waals surface area contributed by atoms with E-state index < -0.39 is 0 Å². The Morgan fingerprint density at radius 3 is 2.50 bits per heavy atom. The molecule has 0 aliphatic carbocycles. The van der Waals surface area contributed by atoms with Crippen molar-refractivity contribution in [1.82, 2.24) is 10.3 Å². The fourth-order valence-corrected chi connectivity index (χ4v) is 2.40.